The Hall–Kier alpha value is -3.24. The molecule has 4 rings (SSSR count). The van der Waals surface area contributed by atoms with Gasteiger partial charge in [0.25, 0.3) is 0 Å². The van der Waals surface area contributed by atoms with Gasteiger partial charge in [0.15, 0.2) is 5.82 Å². The number of hydrogen-bond acceptors (Lipinski definition) is 8. The van der Waals surface area contributed by atoms with Crippen LogP contribution in [-0.4, -0.2) is 83.1 Å². The van der Waals surface area contributed by atoms with Gasteiger partial charge in [-0.15, -0.1) is 0 Å². The average molecular weight is 512 g/mol. The molecule has 1 aromatic carbocycles. The Labute approximate surface area is 218 Å². The molecule has 10 heteroatoms. The number of ether oxygens (including phenoxy) is 2. The van der Waals surface area contributed by atoms with E-state index in [9.17, 15) is 9.59 Å². The Morgan fingerprint density at radius 2 is 1.95 bits per heavy atom. The molecule has 0 unspecified atom stereocenters. The van der Waals surface area contributed by atoms with Crippen LogP contribution in [0.5, 0.6) is 0 Å². The second kappa shape index (κ2) is 11.4. The van der Waals surface area contributed by atoms with Crippen LogP contribution in [0.15, 0.2) is 24.3 Å². The molecule has 3 heterocycles. The Bertz CT molecular complexity index is 1120. The summed E-state index contributed by atoms with van der Waals surface area (Å²) >= 11 is 0. The van der Waals surface area contributed by atoms with Crippen LogP contribution in [0.1, 0.15) is 44.5 Å². The molecule has 1 atom stereocenters. The van der Waals surface area contributed by atoms with E-state index in [-0.39, 0.29) is 37.6 Å². The van der Waals surface area contributed by atoms with E-state index in [1.54, 1.807) is 4.90 Å². The predicted molar refractivity (Wildman–Crippen MR) is 139 cm³/mol. The minimum atomic E-state index is -0.565. The minimum Gasteiger partial charge on any atom is -0.444 e. The molecule has 10 nitrogen and oxygen atoms in total. The summed E-state index contributed by atoms with van der Waals surface area (Å²) in [6.45, 7) is 10.7. The summed E-state index contributed by atoms with van der Waals surface area (Å²) in [5.41, 5.74) is 3.05. The number of carbonyl (C=O) groups is 2. The fourth-order valence-electron chi connectivity index (χ4n) is 4.50. The number of carbonyl (C=O) groups excluding carboxylic acids is 2. The highest BCUT2D eigenvalue weighted by Gasteiger charge is 2.32. The van der Waals surface area contributed by atoms with Crippen LogP contribution >= 0.6 is 0 Å². The van der Waals surface area contributed by atoms with Gasteiger partial charge in [0.1, 0.15) is 11.4 Å². The molecule has 2 aliphatic heterocycles. The van der Waals surface area contributed by atoms with Crippen molar-refractivity contribution in [3.05, 3.63) is 41.1 Å². The molecule has 0 radical (unpaired) electrons. The van der Waals surface area contributed by atoms with Crippen LogP contribution < -0.4 is 10.2 Å². The summed E-state index contributed by atoms with van der Waals surface area (Å²) in [7, 11) is 0. The lowest BCUT2D eigenvalue weighted by Crippen LogP contribution is -2.46. The summed E-state index contributed by atoms with van der Waals surface area (Å²) in [5.74, 6) is 1.32. The van der Waals surface area contributed by atoms with Gasteiger partial charge in [0, 0.05) is 37.2 Å². The van der Waals surface area contributed by atoms with Crippen LogP contribution in [0.2, 0.25) is 0 Å². The Morgan fingerprint density at radius 3 is 2.62 bits per heavy atom. The average Bonchev–Trinajstić information content (AvgIpc) is 2.86. The van der Waals surface area contributed by atoms with Crippen LogP contribution in [0, 0.1) is 0 Å². The van der Waals surface area contributed by atoms with E-state index in [0.29, 0.717) is 45.1 Å². The van der Waals surface area contributed by atoms with Crippen molar-refractivity contribution in [2.24, 2.45) is 0 Å². The molecule has 0 saturated carbocycles. The summed E-state index contributed by atoms with van der Waals surface area (Å²) in [4.78, 5) is 38.7. The fourth-order valence-corrected chi connectivity index (χ4v) is 4.50. The quantitative estimate of drug-likeness (QED) is 0.607. The minimum absolute atomic E-state index is 0.0834. The molecule has 1 saturated heterocycles. The zero-order valence-electron chi connectivity index (χ0n) is 22.1. The van der Waals surface area contributed by atoms with E-state index in [4.69, 9.17) is 24.5 Å². The maximum absolute atomic E-state index is 12.8. The first-order chi connectivity index (χ1) is 17.6. The number of aliphatic hydroxyl groups is 1. The third-order valence-corrected chi connectivity index (χ3v) is 6.34. The third-order valence-electron chi connectivity index (χ3n) is 6.34. The Balaban J connectivity index is 1.63. The Kier molecular flexibility index (Phi) is 8.29. The lowest BCUT2D eigenvalue weighted by atomic mass is 10.0. The molecule has 0 spiro atoms. The molecule has 2 aromatic rings. The van der Waals surface area contributed by atoms with Gasteiger partial charge in [-0.1, -0.05) is 24.3 Å². The van der Waals surface area contributed by atoms with Gasteiger partial charge >= 0.3 is 6.09 Å². The molecule has 2 aliphatic rings. The fraction of sp³-hybridized carbons (Fsp3) is 0.556. The van der Waals surface area contributed by atoms with E-state index in [2.05, 4.69) is 17.1 Å². The molecule has 200 valence electrons. The highest BCUT2D eigenvalue weighted by Crippen LogP contribution is 2.32. The van der Waals surface area contributed by atoms with E-state index in [1.807, 2.05) is 45.0 Å². The van der Waals surface area contributed by atoms with Crippen molar-refractivity contribution in [3.63, 3.8) is 0 Å². The SMILES string of the molecule is C[C@H]1COCCN1c1nc(-c2ccc(CC(=O)NCCO)cc2)nc2c1CN(C(=O)OC(C)(C)C)CC2. The lowest BCUT2D eigenvalue weighted by molar-refractivity contribution is -0.120. The summed E-state index contributed by atoms with van der Waals surface area (Å²) in [6, 6.07) is 7.80. The highest BCUT2D eigenvalue weighted by atomic mass is 16.6. The molecule has 37 heavy (non-hydrogen) atoms. The van der Waals surface area contributed by atoms with E-state index in [0.717, 1.165) is 28.2 Å². The maximum Gasteiger partial charge on any atom is 0.410 e. The summed E-state index contributed by atoms with van der Waals surface area (Å²) in [6.07, 6.45) is 0.517. The topological polar surface area (TPSA) is 117 Å². The third kappa shape index (κ3) is 6.75. The first kappa shape index (κ1) is 26.8. The van der Waals surface area contributed by atoms with Crippen molar-refractivity contribution in [2.75, 3.05) is 44.4 Å². The van der Waals surface area contributed by atoms with Crippen LogP contribution in [-0.2, 0) is 33.7 Å². The zero-order chi connectivity index (χ0) is 26.6. The molecule has 2 N–H and O–H groups in total. The van der Waals surface area contributed by atoms with Crippen molar-refractivity contribution in [2.45, 2.75) is 58.7 Å². The number of anilines is 1. The van der Waals surface area contributed by atoms with Crippen LogP contribution in [0.3, 0.4) is 0 Å². The van der Waals surface area contributed by atoms with Gasteiger partial charge in [0.2, 0.25) is 5.91 Å². The number of benzene rings is 1. The molecular weight excluding hydrogens is 474 g/mol. The first-order valence-corrected chi connectivity index (χ1v) is 12.8. The zero-order valence-corrected chi connectivity index (χ0v) is 22.1. The standard InChI is InChI=1S/C27H37N5O5/c1-18-17-36-14-12-32(18)25-21-16-31(26(35)37-27(2,3)4)11-9-22(21)29-24(30-25)20-7-5-19(6-8-20)15-23(34)28-10-13-33/h5-8,18,33H,9-17H2,1-4H3,(H,28,34)/t18-/m0/s1. The Morgan fingerprint density at radius 1 is 1.19 bits per heavy atom. The molecule has 2 amide bonds. The van der Waals surface area contributed by atoms with E-state index >= 15 is 0 Å². The molecule has 0 bridgehead atoms. The highest BCUT2D eigenvalue weighted by molar-refractivity contribution is 5.78. The number of rotatable bonds is 6. The molecule has 1 fully saturated rings. The summed E-state index contributed by atoms with van der Waals surface area (Å²) in [5, 5.41) is 11.5. The summed E-state index contributed by atoms with van der Waals surface area (Å²) < 4.78 is 11.3. The van der Waals surface area contributed by atoms with Crippen LogP contribution in [0.25, 0.3) is 11.4 Å². The van der Waals surface area contributed by atoms with Crippen molar-refractivity contribution in [1.29, 1.82) is 0 Å². The largest absolute Gasteiger partial charge is 0.444 e. The van der Waals surface area contributed by atoms with Gasteiger partial charge in [-0.05, 0) is 33.3 Å². The number of aromatic nitrogens is 2. The van der Waals surface area contributed by atoms with Gasteiger partial charge in [-0.2, -0.15) is 0 Å². The van der Waals surface area contributed by atoms with Gasteiger partial charge in [-0.25, -0.2) is 14.8 Å². The second-order valence-electron chi connectivity index (χ2n) is 10.5. The molecule has 1 aromatic heterocycles. The number of aliphatic hydroxyl groups excluding tert-OH is 1. The van der Waals surface area contributed by atoms with Crippen molar-refractivity contribution in [3.8, 4) is 11.4 Å². The lowest BCUT2D eigenvalue weighted by Gasteiger charge is -2.38. The van der Waals surface area contributed by atoms with E-state index < -0.39 is 5.60 Å². The van der Waals surface area contributed by atoms with Gasteiger partial charge < -0.3 is 29.7 Å². The number of fused-ring (bicyclic) bond motifs is 1. The maximum atomic E-state index is 12.8. The smallest absolute Gasteiger partial charge is 0.410 e. The predicted octanol–water partition coefficient (Wildman–Crippen LogP) is 2.31. The van der Waals surface area contributed by atoms with Crippen molar-refractivity contribution < 1.29 is 24.2 Å². The van der Waals surface area contributed by atoms with E-state index in [1.165, 1.54) is 0 Å². The van der Waals surface area contributed by atoms with Crippen molar-refractivity contribution in [1.82, 2.24) is 20.2 Å². The number of nitrogens with zero attached hydrogens (tertiary/aromatic N) is 4. The van der Waals surface area contributed by atoms with Crippen molar-refractivity contribution >= 4 is 17.8 Å². The van der Waals surface area contributed by atoms with Gasteiger partial charge in [-0.3, -0.25) is 4.79 Å². The monoisotopic (exact) mass is 511 g/mol. The normalized spacial score (nSPS) is 17.8. The van der Waals surface area contributed by atoms with Gasteiger partial charge in [0.05, 0.1) is 44.5 Å². The number of nitrogens with one attached hydrogen (secondary N) is 1. The second-order valence-corrected chi connectivity index (χ2v) is 10.5. The number of amides is 2. The molecule has 0 aliphatic carbocycles. The first-order valence-electron chi connectivity index (χ1n) is 12.8. The van der Waals surface area contributed by atoms with Crippen LogP contribution in [0.4, 0.5) is 10.6 Å². The number of morpholine rings is 1. The molecular formula is C27H37N5O5. The number of hydrogen-bond donors (Lipinski definition) is 2.